The Balaban J connectivity index is 2.49. The Morgan fingerprint density at radius 3 is 2.60 bits per heavy atom. The number of ether oxygens (including phenoxy) is 1. The minimum absolute atomic E-state index is 0.0682. The van der Waals surface area contributed by atoms with E-state index in [2.05, 4.69) is 6.07 Å². The Morgan fingerprint density at radius 1 is 1.10 bits per heavy atom. The van der Waals surface area contributed by atoms with Gasteiger partial charge in [-0.1, -0.05) is 12.1 Å². The molecule has 1 aromatic rings. The van der Waals surface area contributed by atoms with Gasteiger partial charge in [0.1, 0.15) is 23.5 Å². The average molecular weight is 265 g/mol. The van der Waals surface area contributed by atoms with Crippen molar-refractivity contribution in [1.82, 2.24) is 0 Å². The zero-order chi connectivity index (χ0) is 14.6. The number of unbranched alkanes of at least 4 members (excludes halogenated alkanes) is 3. The highest BCUT2D eigenvalue weighted by Gasteiger charge is 1.98. The van der Waals surface area contributed by atoms with Crippen LogP contribution < -0.4 is 4.74 Å². The molecule has 0 unspecified atom stereocenters. The molecule has 0 heterocycles. The first-order valence-electron chi connectivity index (χ1n) is 6.42. The van der Waals surface area contributed by atoms with Gasteiger partial charge in [-0.15, -0.1) is 0 Å². The summed E-state index contributed by atoms with van der Waals surface area (Å²) in [6, 6.07) is 13.0. The molecule has 0 bridgehead atoms. The highest BCUT2D eigenvalue weighted by atomic mass is 16.5. The lowest BCUT2D eigenvalue weighted by molar-refractivity contribution is 0.305. The second-order valence-corrected chi connectivity index (χ2v) is 4.17. The van der Waals surface area contributed by atoms with E-state index >= 15 is 0 Å². The zero-order valence-electron chi connectivity index (χ0n) is 11.2. The van der Waals surface area contributed by atoms with Crippen LogP contribution in [0.4, 0.5) is 0 Å². The molecule has 1 rings (SSSR count). The summed E-state index contributed by atoms with van der Waals surface area (Å²) in [5, 5.41) is 25.8. The van der Waals surface area contributed by atoms with Crippen LogP contribution in [0.15, 0.2) is 29.8 Å². The summed E-state index contributed by atoms with van der Waals surface area (Å²) in [6.45, 7) is 0.599. The Kier molecular flexibility index (Phi) is 7.03. The lowest BCUT2D eigenvalue weighted by Gasteiger charge is -2.06. The second-order valence-electron chi connectivity index (χ2n) is 4.17. The number of nitriles is 3. The highest BCUT2D eigenvalue weighted by Crippen LogP contribution is 2.16. The van der Waals surface area contributed by atoms with Crippen LogP contribution in [-0.2, 0) is 0 Å². The molecular weight excluding hydrogens is 250 g/mol. The lowest BCUT2D eigenvalue weighted by atomic mass is 10.1. The van der Waals surface area contributed by atoms with Crippen molar-refractivity contribution in [1.29, 1.82) is 15.8 Å². The van der Waals surface area contributed by atoms with Gasteiger partial charge in [0.25, 0.3) is 0 Å². The molecule has 0 aromatic heterocycles. The third-order valence-electron chi connectivity index (χ3n) is 2.61. The molecule has 20 heavy (non-hydrogen) atoms. The van der Waals surface area contributed by atoms with Crippen molar-refractivity contribution < 1.29 is 4.74 Å². The number of allylic oxidation sites excluding steroid dienone is 1. The van der Waals surface area contributed by atoms with Crippen molar-refractivity contribution in [3.63, 3.8) is 0 Å². The van der Waals surface area contributed by atoms with E-state index in [0.29, 0.717) is 18.8 Å². The molecule has 1 aromatic carbocycles. The predicted molar refractivity (Wildman–Crippen MR) is 75.2 cm³/mol. The standard InChI is InChI=1S/C16H15N3O/c17-8-3-1-2-4-9-20-16-7-5-6-14(11-16)10-15(12-18)13-19/h5-7,10-11H,1-4,9H2. The molecule has 0 amide bonds. The van der Waals surface area contributed by atoms with Gasteiger partial charge < -0.3 is 4.74 Å². The van der Waals surface area contributed by atoms with Gasteiger partial charge >= 0.3 is 0 Å². The smallest absolute Gasteiger partial charge is 0.130 e. The third-order valence-corrected chi connectivity index (χ3v) is 2.61. The summed E-state index contributed by atoms with van der Waals surface area (Å²) in [4.78, 5) is 0. The quantitative estimate of drug-likeness (QED) is 0.557. The Bertz CT molecular complexity index is 569. The molecule has 0 fully saturated rings. The second kappa shape index (κ2) is 9.20. The largest absolute Gasteiger partial charge is 0.494 e. The summed E-state index contributed by atoms with van der Waals surface area (Å²) in [5.41, 5.74) is 0.837. The van der Waals surface area contributed by atoms with Gasteiger partial charge in [0.05, 0.1) is 12.7 Å². The normalized spacial score (nSPS) is 8.85. The van der Waals surface area contributed by atoms with Crippen LogP contribution in [0.3, 0.4) is 0 Å². The number of benzene rings is 1. The molecule has 0 atom stereocenters. The number of hydrogen-bond acceptors (Lipinski definition) is 4. The maximum atomic E-state index is 8.71. The SMILES string of the molecule is N#CCCCCCOc1cccc(C=C(C#N)C#N)c1. The van der Waals surface area contributed by atoms with Gasteiger partial charge in [-0.05, 0) is 43.0 Å². The number of nitrogens with zero attached hydrogens (tertiary/aromatic N) is 3. The molecule has 0 aliphatic carbocycles. The van der Waals surface area contributed by atoms with Crippen LogP contribution in [-0.4, -0.2) is 6.61 Å². The van der Waals surface area contributed by atoms with Crippen molar-refractivity contribution in [2.24, 2.45) is 0 Å². The fourth-order valence-electron chi connectivity index (χ4n) is 1.62. The lowest BCUT2D eigenvalue weighted by Crippen LogP contribution is -1.97. The van der Waals surface area contributed by atoms with E-state index in [1.807, 2.05) is 30.3 Å². The molecule has 0 saturated carbocycles. The minimum atomic E-state index is 0.0682. The van der Waals surface area contributed by atoms with Crippen molar-refractivity contribution in [3.8, 4) is 24.0 Å². The van der Waals surface area contributed by atoms with Gasteiger partial charge in [-0.2, -0.15) is 15.8 Å². The Labute approximate surface area is 119 Å². The zero-order valence-corrected chi connectivity index (χ0v) is 11.2. The van der Waals surface area contributed by atoms with Crippen LogP contribution >= 0.6 is 0 Å². The molecule has 0 saturated heterocycles. The van der Waals surface area contributed by atoms with E-state index in [0.717, 1.165) is 24.8 Å². The summed E-state index contributed by atoms with van der Waals surface area (Å²) in [6.07, 6.45) is 4.89. The highest BCUT2D eigenvalue weighted by molar-refractivity contribution is 5.62. The van der Waals surface area contributed by atoms with Gasteiger partial charge in [0, 0.05) is 6.42 Å². The van der Waals surface area contributed by atoms with E-state index < -0.39 is 0 Å². The van der Waals surface area contributed by atoms with Gasteiger partial charge in [0.2, 0.25) is 0 Å². The van der Waals surface area contributed by atoms with Crippen molar-refractivity contribution in [2.45, 2.75) is 25.7 Å². The fraction of sp³-hybridized carbons (Fsp3) is 0.312. The van der Waals surface area contributed by atoms with E-state index in [1.54, 1.807) is 6.07 Å². The molecule has 4 heteroatoms. The monoisotopic (exact) mass is 265 g/mol. The first-order chi connectivity index (χ1) is 9.80. The van der Waals surface area contributed by atoms with Crippen LogP contribution in [0, 0.1) is 34.0 Å². The molecule has 0 spiro atoms. The third kappa shape index (κ3) is 5.71. The molecule has 0 aliphatic rings. The summed E-state index contributed by atoms with van der Waals surface area (Å²) < 4.78 is 5.60. The Morgan fingerprint density at radius 2 is 1.90 bits per heavy atom. The minimum Gasteiger partial charge on any atom is -0.494 e. The topological polar surface area (TPSA) is 80.6 Å². The van der Waals surface area contributed by atoms with E-state index in [-0.39, 0.29) is 5.57 Å². The van der Waals surface area contributed by atoms with Crippen molar-refractivity contribution in [2.75, 3.05) is 6.61 Å². The van der Waals surface area contributed by atoms with Crippen LogP contribution in [0.1, 0.15) is 31.2 Å². The van der Waals surface area contributed by atoms with Crippen molar-refractivity contribution in [3.05, 3.63) is 35.4 Å². The molecular formula is C16H15N3O. The van der Waals surface area contributed by atoms with Crippen LogP contribution in [0.5, 0.6) is 5.75 Å². The predicted octanol–water partition coefficient (Wildman–Crippen LogP) is 3.58. The summed E-state index contributed by atoms with van der Waals surface area (Å²) >= 11 is 0. The summed E-state index contributed by atoms with van der Waals surface area (Å²) in [5.74, 6) is 0.717. The van der Waals surface area contributed by atoms with E-state index in [1.165, 1.54) is 6.08 Å². The average Bonchev–Trinajstić information content (AvgIpc) is 2.49. The molecule has 0 N–H and O–H groups in total. The van der Waals surface area contributed by atoms with Gasteiger partial charge in [-0.25, -0.2) is 0 Å². The van der Waals surface area contributed by atoms with Crippen molar-refractivity contribution >= 4 is 6.08 Å². The fourth-order valence-corrected chi connectivity index (χ4v) is 1.62. The van der Waals surface area contributed by atoms with Crippen LogP contribution in [0.25, 0.3) is 6.08 Å². The summed E-state index contributed by atoms with van der Waals surface area (Å²) in [7, 11) is 0. The molecule has 100 valence electrons. The number of rotatable bonds is 7. The molecule has 0 radical (unpaired) electrons. The first kappa shape index (κ1) is 15.3. The number of hydrogen-bond donors (Lipinski definition) is 0. The van der Waals surface area contributed by atoms with E-state index in [9.17, 15) is 0 Å². The molecule has 0 aliphatic heterocycles. The molecule has 4 nitrogen and oxygen atoms in total. The van der Waals surface area contributed by atoms with Gasteiger partial charge in [-0.3, -0.25) is 0 Å². The van der Waals surface area contributed by atoms with Gasteiger partial charge in [0.15, 0.2) is 0 Å². The Hall–Kier alpha value is -2.77. The first-order valence-corrected chi connectivity index (χ1v) is 6.42. The van der Waals surface area contributed by atoms with E-state index in [4.69, 9.17) is 20.5 Å². The van der Waals surface area contributed by atoms with Crippen LogP contribution in [0.2, 0.25) is 0 Å². The maximum Gasteiger partial charge on any atom is 0.130 e. The maximum absolute atomic E-state index is 8.71.